The van der Waals surface area contributed by atoms with Crippen molar-refractivity contribution in [1.82, 2.24) is 0 Å². The van der Waals surface area contributed by atoms with Crippen molar-refractivity contribution in [1.29, 1.82) is 0 Å². The number of rotatable bonds is 14. The van der Waals surface area contributed by atoms with E-state index in [-0.39, 0.29) is 82.5 Å². The van der Waals surface area contributed by atoms with Crippen LogP contribution >= 0.6 is 11.8 Å². The quantitative estimate of drug-likeness (QED) is 0.0998. The topological polar surface area (TPSA) is 119 Å². The first-order valence-corrected chi connectivity index (χ1v) is 10.4. The molecular formula is C15H25KO8S2. The van der Waals surface area contributed by atoms with Crippen molar-refractivity contribution >= 4 is 33.8 Å². The second-order valence-corrected chi connectivity index (χ2v) is 7.93. The van der Waals surface area contributed by atoms with E-state index in [4.69, 9.17) is 9.47 Å². The van der Waals surface area contributed by atoms with Crippen LogP contribution in [0.2, 0.25) is 0 Å². The monoisotopic (exact) mass is 436 g/mol. The van der Waals surface area contributed by atoms with E-state index in [0.717, 1.165) is 12.2 Å². The van der Waals surface area contributed by atoms with E-state index in [1.807, 2.05) is 0 Å². The Morgan fingerprint density at radius 3 is 2.46 bits per heavy atom. The van der Waals surface area contributed by atoms with Crippen LogP contribution in [0.3, 0.4) is 0 Å². The van der Waals surface area contributed by atoms with Crippen LogP contribution in [0.25, 0.3) is 0 Å². The molecule has 0 aliphatic rings. The largest absolute Gasteiger partial charge is 1.00 e. The summed E-state index contributed by atoms with van der Waals surface area (Å²) in [5.74, 6) is -0.430. The van der Waals surface area contributed by atoms with Crippen molar-refractivity contribution in [3.63, 3.8) is 0 Å². The molecule has 0 fully saturated rings. The maximum atomic E-state index is 11.7. The molecule has 0 heterocycles. The van der Waals surface area contributed by atoms with Gasteiger partial charge in [0.1, 0.15) is 0 Å². The van der Waals surface area contributed by atoms with Crippen LogP contribution in [0.15, 0.2) is 12.2 Å². The van der Waals surface area contributed by atoms with Gasteiger partial charge >= 0.3 is 63.3 Å². The minimum atomic E-state index is -4.27. The van der Waals surface area contributed by atoms with Gasteiger partial charge in [-0.05, 0) is 18.6 Å². The molecule has 0 aromatic heterocycles. The molecule has 0 rings (SSSR count). The molecule has 8 nitrogen and oxygen atoms in total. The summed E-state index contributed by atoms with van der Waals surface area (Å²) in [6.45, 7) is 5.77. The molecule has 0 N–H and O–H groups in total. The average Bonchev–Trinajstić information content (AvgIpc) is 2.55. The van der Waals surface area contributed by atoms with Crippen molar-refractivity contribution in [3.05, 3.63) is 12.2 Å². The Morgan fingerprint density at radius 2 is 1.88 bits per heavy atom. The fraction of sp³-hybridized carbons (Fsp3) is 0.733. The summed E-state index contributed by atoms with van der Waals surface area (Å²) in [5, 5.41) is 0. The van der Waals surface area contributed by atoms with Crippen molar-refractivity contribution in [2.75, 3.05) is 44.2 Å². The Bertz CT molecular complexity index is 536. The van der Waals surface area contributed by atoms with E-state index in [1.54, 1.807) is 18.7 Å². The van der Waals surface area contributed by atoms with E-state index in [0.29, 0.717) is 12.4 Å². The smallest absolute Gasteiger partial charge is 0.748 e. The first-order valence-electron chi connectivity index (χ1n) is 7.69. The fourth-order valence-corrected chi connectivity index (χ4v) is 2.99. The number of hydrogen-bond donors (Lipinski definition) is 0. The Kier molecular flexibility index (Phi) is 18.2. The van der Waals surface area contributed by atoms with Gasteiger partial charge in [-0.1, -0.05) is 13.5 Å². The Labute approximate surface area is 201 Å². The second-order valence-electron chi connectivity index (χ2n) is 5.26. The van der Waals surface area contributed by atoms with E-state index in [1.165, 1.54) is 7.11 Å². The van der Waals surface area contributed by atoms with Gasteiger partial charge in [0.25, 0.3) is 0 Å². The van der Waals surface area contributed by atoms with Crippen molar-refractivity contribution in [2.45, 2.75) is 19.8 Å². The molecule has 0 saturated carbocycles. The normalized spacial score (nSPS) is 12.0. The predicted molar refractivity (Wildman–Crippen MR) is 93.2 cm³/mol. The number of carbonyl (C=O) groups excluding carboxylic acids is 2. The van der Waals surface area contributed by atoms with Gasteiger partial charge in [-0.25, -0.2) is 13.2 Å². The summed E-state index contributed by atoms with van der Waals surface area (Å²) in [7, 11) is -2.99. The van der Waals surface area contributed by atoms with E-state index >= 15 is 0 Å². The first-order chi connectivity index (χ1) is 11.7. The summed E-state index contributed by atoms with van der Waals surface area (Å²) < 4.78 is 45.9. The molecule has 0 spiro atoms. The van der Waals surface area contributed by atoms with Crippen LogP contribution < -0.4 is 51.4 Å². The number of carbonyl (C=O) groups is 2. The molecular weight excluding hydrogens is 411 g/mol. The molecule has 1 unspecified atom stereocenters. The number of esters is 2. The van der Waals surface area contributed by atoms with Gasteiger partial charge in [0, 0.05) is 18.1 Å². The molecule has 0 aliphatic heterocycles. The van der Waals surface area contributed by atoms with Crippen molar-refractivity contribution < 1.29 is 88.2 Å². The van der Waals surface area contributed by atoms with Gasteiger partial charge in [0.05, 0.1) is 41.9 Å². The molecule has 0 radical (unpaired) electrons. The summed E-state index contributed by atoms with van der Waals surface area (Å²) in [6, 6.07) is 0. The number of methoxy groups -OCH3 is 1. The SMILES string of the molecule is C=C(COCCCSCC(C)C(=O)OCCCS(=O)(=O)[O-])C(=O)OC.[K+]. The van der Waals surface area contributed by atoms with Gasteiger partial charge in [0.2, 0.25) is 0 Å². The third kappa shape index (κ3) is 16.7. The maximum Gasteiger partial charge on any atom is 1.00 e. The summed E-state index contributed by atoms with van der Waals surface area (Å²) in [5.41, 5.74) is 0.260. The standard InChI is InChI=1S/C15H26O8S2.K/c1-12(14(16)21-3)10-22-6-4-8-24-11-13(2)15(17)23-7-5-9-25(18,19)20;/h13H,1,4-11H2,2-3H3,(H,18,19,20);/q;+1/p-1. The number of thioether (sulfide) groups is 1. The Morgan fingerprint density at radius 1 is 1.23 bits per heavy atom. The van der Waals surface area contributed by atoms with E-state index < -0.39 is 27.8 Å². The van der Waals surface area contributed by atoms with Gasteiger partial charge in [-0.2, -0.15) is 11.8 Å². The van der Waals surface area contributed by atoms with Gasteiger partial charge < -0.3 is 18.8 Å². The number of ether oxygens (including phenoxy) is 3. The Balaban J connectivity index is 0. The molecule has 26 heavy (non-hydrogen) atoms. The maximum absolute atomic E-state index is 11.7. The van der Waals surface area contributed by atoms with Crippen LogP contribution in [-0.4, -0.2) is 69.1 Å². The molecule has 146 valence electrons. The summed E-state index contributed by atoms with van der Waals surface area (Å²) >= 11 is 1.56. The average molecular weight is 437 g/mol. The van der Waals surface area contributed by atoms with E-state index in [2.05, 4.69) is 11.3 Å². The van der Waals surface area contributed by atoms with Crippen molar-refractivity contribution in [2.24, 2.45) is 5.92 Å². The minimum Gasteiger partial charge on any atom is -0.748 e. The molecule has 0 saturated heterocycles. The third-order valence-electron chi connectivity index (χ3n) is 2.88. The van der Waals surface area contributed by atoms with Crippen LogP contribution in [-0.2, 0) is 33.9 Å². The van der Waals surface area contributed by atoms with Crippen LogP contribution in [0.1, 0.15) is 19.8 Å². The molecule has 0 bridgehead atoms. The summed E-state index contributed by atoms with van der Waals surface area (Å²) in [4.78, 5) is 22.7. The minimum absolute atomic E-state index is 0. The zero-order valence-electron chi connectivity index (χ0n) is 15.5. The van der Waals surface area contributed by atoms with E-state index in [9.17, 15) is 22.6 Å². The Hall–Kier alpha value is 0.536. The van der Waals surface area contributed by atoms with Crippen molar-refractivity contribution in [3.8, 4) is 0 Å². The second kappa shape index (κ2) is 16.5. The number of hydrogen-bond acceptors (Lipinski definition) is 9. The predicted octanol–water partition coefficient (Wildman–Crippen LogP) is -2.03. The zero-order chi connectivity index (χ0) is 19.3. The van der Waals surface area contributed by atoms with Crippen LogP contribution in [0.5, 0.6) is 0 Å². The van der Waals surface area contributed by atoms with Crippen LogP contribution in [0, 0.1) is 5.92 Å². The fourth-order valence-electron chi connectivity index (χ4n) is 1.54. The van der Waals surface area contributed by atoms with Gasteiger partial charge in [0.15, 0.2) is 0 Å². The molecule has 1 atom stereocenters. The third-order valence-corrected chi connectivity index (χ3v) is 4.98. The van der Waals surface area contributed by atoms with Crippen LogP contribution in [0.4, 0.5) is 0 Å². The molecule has 0 aromatic rings. The molecule has 0 amide bonds. The summed E-state index contributed by atoms with van der Waals surface area (Å²) in [6.07, 6.45) is 0.758. The van der Waals surface area contributed by atoms with Gasteiger partial charge in [-0.3, -0.25) is 4.79 Å². The van der Waals surface area contributed by atoms with Gasteiger partial charge in [-0.15, -0.1) is 0 Å². The molecule has 0 aliphatic carbocycles. The molecule has 0 aromatic carbocycles. The molecule has 11 heteroatoms. The first kappa shape index (κ1) is 28.7. The zero-order valence-corrected chi connectivity index (χ0v) is 20.3.